The molecule has 2 aromatic heterocycles. The summed E-state index contributed by atoms with van der Waals surface area (Å²) in [7, 11) is 0. The summed E-state index contributed by atoms with van der Waals surface area (Å²) in [6, 6.07) is 3.74. The molecule has 0 saturated heterocycles. The minimum atomic E-state index is -0.675. The summed E-state index contributed by atoms with van der Waals surface area (Å²) in [4.78, 5) is 19.6. The summed E-state index contributed by atoms with van der Waals surface area (Å²) in [5, 5.41) is 6.68. The fourth-order valence-electron chi connectivity index (χ4n) is 1.68. The van der Waals surface area contributed by atoms with Gasteiger partial charge in [-0.2, -0.15) is 4.98 Å². The molecule has 0 fully saturated rings. The van der Waals surface area contributed by atoms with Crippen LogP contribution >= 0.6 is 0 Å². The Bertz CT molecular complexity index is 587. The Morgan fingerprint density at radius 3 is 2.68 bits per heavy atom. The van der Waals surface area contributed by atoms with Gasteiger partial charge in [-0.15, -0.1) is 0 Å². The molecule has 2 aromatic rings. The molecule has 100 valence electrons. The molecule has 0 unspecified atom stereocenters. The average Bonchev–Trinajstić information content (AvgIpc) is 2.78. The molecule has 2 heterocycles. The first-order chi connectivity index (χ1) is 8.88. The predicted molar refractivity (Wildman–Crippen MR) is 69.1 cm³/mol. The largest absolute Gasteiger partial charge is 0.344 e. The molecule has 0 aliphatic rings. The Morgan fingerprint density at radius 1 is 1.37 bits per heavy atom. The Labute approximate surface area is 111 Å². The predicted octanol–water partition coefficient (Wildman–Crippen LogP) is 1.81. The number of hydrogen-bond donors (Lipinski definition) is 1. The highest BCUT2D eigenvalue weighted by molar-refractivity contribution is 5.73. The highest BCUT2D eigenvalue weighted by Gasteiger charge is 2.27. The fraction of sp³-hybridized carbons (Fsp3) is 0.385. The SMILES string of the molecule is CC(=O)NC(C)(C)c1noc(-c2ccc(C)nc2)n1. The third-order valence-corrected chi connectivity index (χ3v) is 2.63. The van der Waals surface area contributed by atoms with Crippen LogP contribution in [0.25, 0.3) is 11.5 Å². The van der Waals surface area contributed by atoms with Gasteiger partial charge in [0.1, 0.15) is 0 Å². The van der Waals surface area contributed by atoms with Gasteiger partial charge in [0, 0.05) is 18.8 Å². The van der Waals surface area contributed by atoms with Crippen molar-refractivity contribution in [2.45, 2.75) is 33.2 Å². The van der Waals surface area contributed by atoms with Gasteiger partial charge in [0.05, 0.1) is 11.1 Å². The van der Waals surface area contributed by atoms with E-state index in [4.69, 9.17) is 4.52 Å². The Kier molecular flexibility index (Phi) is 3.33. The molecule has 0 saturated carbocycles. The van der Waals surface area contributed by atoms with E-state index in [0.29, 0.717) is 11.7 Å². The van der Waals surface area contributed by atoms with Crippen molar-refractivity contribution in [3.05, 3.63) is 29.8 Å². The fourth-order valence-corrected chi connectivity index (χ4v) is 1.68. The van der Waals surface area contributed by atoms with Gasteiger partial charge < -0.3 is 9.84 Å². The van der Waals surface area contributed by atoms with Crippen LogP contribution in [-0.4, -0.2) is 21.0 Å². The van der Waals surface area contributed by atoms with Crippen LogP contribution in [-0.2, 0) is 10.3 Å². The lowest BCUT2D eigenvalue weighted by Gasteiger charge is -2.20. The third-order valence-electron chi connectivity index (χ3n) is 2.63. The smallest absolute Gasteiger partial charge is 0.259 e. The van der Waals surface area contributed by atoms with Crippen LogP contribution in [0.5, 0.6) is 0 Å². The molecule has 0 spiro atoms. The minimum absolute atomic E-state index is 0.145. The molecule has 0 radical (unpaired) electrons. The van der Waals surface area contributed by atoms with Gasteiger partial charge in [0.15, 0.2) is 5.82 Å². The van der Waals surface area contributed by atoms with Gasteiger partial charge in [0.2, 0.25) is 5.91 Å². The number of aryl methyl sites for hydroxylation is 1. The second kappa shape index (κ2) is 4.79. The number of aromatic nitrogens is 3. The van der Waals surface area contributed by atoms with Gasteiger partial charge in [-0.05, 0) is 32.9 Å². The number of carbonyl (C=O) groups is 1. The van der Waals surface area contributed by atoms with Gasteiger partial charge in [-0.25, -0.2) is 0 Å². The van der Waals surface area contributed by atoms with E-state index in [1.54, 1.807) is 6.20 Å². The van der Waals surface area contributed by atoms with E-state index in [-0.39, 0.29) is 5.91 Å². The van der Waals surface area contributed by atoms with E-state index in [1.807, 2.05) is 32.9 Å². The lowest BCUT2D eigenvalue weighted by Crippen LogP contribution is -2.40. The normalized spacial score (nSPS) is 11.4. The minimum Gasteiger partial charge on any atom is -0.344 e. The quantitative estimate of drug-likeness (QED) is 0.910. The lowest BCUT2D eigenvalue weighted by molar-refractivity contribution is -0.120. The molecule has 0 bridgehead atoms. The van der Waals surface area contributed by atoms with E-state index < -0.39 is 5.54 Å². The van der Waals surface area contributed by atoms with Crippen LogP contribution in [0.2, 0.25) is 0 Å². The molecule has 6 heteroatoms. The Hall–Kier alpha value is -2.24. The standard InChI is InChI=1S/C13H16N4O2/c1-8-5-6-10(7-14-8)11-15-12(17-19-11)13(3,4)16-9(2)18/h5-7H,1-4H3,(H,16,18). The highest BCUT2D eigenvalue weighted by Crippen LogP contribution is 2.21. The second-order valence-corrected chi connectivity index (χ2v) is 4.92. The zero-order chi connectivity index (χ0) is 14.0. The number of amides is 1. The van der Waals surface area contributed by atoms with Gasteiger partial charge in [-0.3, -0.25) is 9.78 Å². The number of rotatable bonds is 3. The Morgan fingerprint density at radius 2 is 2.11 bits per heavy atom. The first kappa shape index (κ1) is 13.2. The van der Waals surface area contributed by atoms with E-state index >= 15 is 0 Å². The molecule has 0 aliphatic carbocycles. The summed E-state index contributed by atoms with van der Waals surface area (Å²) < 4.78 is 5.21. The van der Waals surface area contributed by atoms with Gasteiger partial charge in [-0.1, -0.05) is 5.16 Å². The highest BCUT2D eigenvalue weighted by atomic mass is 16.5. The van der Waals surface area contributed by atoms with Crippen molar-refractivity contribution < 1.29 is 9.32 Å². The van der Waals surface area contributed by atoms with E-state index in [9.17, 15) is 4.79 Å². The summed E-state index contributed by atoms with van der Waals surface area (Å²) >= 11 is 0. The van der Waals surface area contributed by atoms with E-state index in [0.717, 1.165) is 11.3 Å². The molecule has 1 amide bonds. The van der Waals surface area contributed by atoms with E-state index in [2.05, 4.69) is 20.4 Å². The van der Waals surface area contributed by atoms with Crippen molar-refractivity contribution in [3.8, 4) is 11.5 Å². The molecular formula is C13H16N4O2. The maximum atomic E-state index is 11.1. The van der Waals surface area contributed by atoms with Crippen molar-refractivity contribution in [1.29, 1.82) is 0 Å². The lowest BCUT2D eigenvalue weighted by atomic mass is 10.1. The zero-order valence-corrected chi connectivity index (χ0v) is 11.4. The number of carbonyl (C=O) groups excluding carboxylic acids is 1. The molecular weight excluding hydrogens is 244 g/mol. The molecule has 2 rings (SSSR count). The molecule has 6 nitrogen and oxygen atoms in total. The van der Waals surface area contributed by atoms with Crippen molar-refractivity contribution in [2.24, 2.45) is 0 Å². The molecule has 0 aliphatic heterocycles. The average molecular weight is 260 g/mol. The van der Waals surface area contributed by atoms with Gasteiger partial charge >= 0.3 is 0 Å². The van der Waals surface area contributed by atoms with Crippen molar-refractivity contribution in [1.82, 2.24) is 20.4 Å². The third kappa shape index (κ3) is 2.96. The zero-order valence-electron chi connectivity index (χ0n) is 11.4. The molecule has 0 atom stereocenters. The number of hydrogen-bond acceptors (Lipinski definition) is 5. The maximum Gasteiger partial charge on any atom is 0.259 e. The van der Waals surface area contributed by atoms with Crippen LogP contribution in [0, 0.1) is 6.92 Å². The molecule has 0 aromatic carbocycles. The summed E-state index contributed by atoms with van der Waals surface area (Å²) in [6.45, 7) is 6.99. The van der Waals surface area contributed by atoms with Crippen molar-refractivity contribution in [2.75, 3.05) is 0 Å². The number of nitrogens with zero attached hydrogens (tertiary/aromatic N) is 3. The van der Waals surface area contributed by atoms with Crippen LogP contribution in [0.15, 0.2) is 22.9 Å². The first-order valence-electron chi connectivity index (χ1n) is 5.94. The maximum absolute atomic E-state index is 11.1. The van der Waals surface area contributed by atoms with Crippen molar-refractivity contribution >= 4 is 5.91 Å². The van der Waals surface area contributed by atoms with Crippen LogP contribution in [0.1, 0.15) is 32.3 Å². The van der Waals surface area contributed by atoms with Crippen LogP contribution < -0.4 is 5.32 Å². The summed E-state index contributed by atoms with van der Waals surface area (Å²) in [5.74, 6) is 0.674. The number of pyridine rings is 1. The van der Waals surface area contributed by atoms with Crippen molar-refractivity contribution in [3.63, 3.8) is 0 Å². The summed E-state index contributed by atoms with van der Waals surface area (Å²) in [6.07, 6.45) is 1.68. The molecule has 19 heavy (non-hydrogen) atoms. The first-order valence-corrected chi connectivity index (χ1v) is 5.94. The second-order valence-electron chi connectivity index (χ2n) is 4.92. The molecule has 1 N–H and O–H groups in total. The van der Waals surface area contributed by atoms with Gasteiger partial charge in [0.25, 0.3) is 5.89 Å². The summed E-state index contributed by atoms with van der Waals surface area (Å²) in [5.41, 5.74) is 0.996. The van der Waals surface area contributed by atoms with Crippen LogP contribution in [0.4, 0.5) is 0 Å². The number of nitrogens with one attached hydrogen (secondary N) is 1. The van der Waals surface area contributed by atoms with E-state index in [1.165, 1.54) is 6.92 Å². The topological polar surface area (TPSA) is 80.9 Å². The Balaban J connectivity index is 2.28. The van der Waals surface area contributed by atoms with Crippen LogP contribution in [0.3, 0.4) is 0 Å². The monoisotopic (exact) mass is 260 g/mol.